The molecule has 0 radical (unpaired) electrons. The van der Waals surface area contributed by atoms with E-state index in [-0.39, 0.29) is 5.82 Å². The van der Waals surface area contributed by atoms with Gasteiger partial charge in [-0.25, -0.2) is 4.39 Å². The fourth-order valence-electron chi connectivity index (χ4n) is 2.00. The number of anilines is 2. The first-order valence-corrected chi connectivity index (χ1v) is 8.69. The molecule has 1 atom stereocenters. The van der Waals surface area contributed by atoms with Crippen LogP contribution in [-0.2, 0) is 4.79 Å². The second kappa shape index (κ2) is 7.41. The van der Waals surface area contributed by atoms with Crippen LogP contribution in [0.4, 0.5) is 15.2 Å². The number of amides is 1. The number of rotatable bonds is 6. The summed E-state index contributed by atoms with van der Waals surface area (Å²) >= 11 is 2.45. The van der Waals surface area contributed by atoms with Crippen molar-refractivity contribution in [2.24, 2.45) is 5.73 Å². The first-order valence-electron chi connectivity index (χ1n) is 6.99. The molecule has 2 aromatic carbocycles. The molecule has 5 nitrogen and oxygen atoms in total. The predicted octanol–water partition coefficient (Wildman–Crippen LogP) is 3.74. The van der Waals surface area contributed by atoms with Gasteiger partial charge in [-0.05, 0) is 17.7 Å². The van der Waals surface area contributed by atoms with Crippen LogP contribution in [0.15, 0.2) is 58.9 Å². The number of aromatic nitrogens is 2. The summed E-state index contributed by atoms with van der Waals surface area (Å²) in [4.78, 5) is 11.7. The normalized spacial score (nSPS) is 11.9. The standard InChI is InChI=1S/C16H13FN4OS2/c17-11-8-4-5-9-12(11)19-15-20-21-16(24-15)23-13(14(18)22)10-6-2-1-3-7-10/h1-9,13H,(H2,18,22)(H,19,20). The lowest BCUT2D eigenvalue weighted by molar-refractivity contribution is -0.117. The van der Waals surface area contributed by atoms with Gasteiger partial charge in [-0.1, -0.05) is 65.6 Å². The lowest BCUT2D eigenvalue weighted by atomic mass is 10.1. The number of nitrogens with two attached hydrogens (primary N) is 1. The Bertz CT molecular complexity index is 841. The van der Waals surface area contributed by atoms with E-state index in [9.17, 15) is 9.18 Å². The zero-order valence-electron chi connectivity index (χ0n) is 12.3. The number of carbonyl (C=O) groups is 1. The quantitative estimate of drug-likeness (QED) is 0.655. The van der Waals surface area contributed by atoms with Gasteiger partial charge in [0, 0.05) is 0 Å². The largest absolute Gasteiger partial charge is 0.368 e. The summed E-state index contributed by atoms with van der Waals surface area (Å²) in [6.45, 7) is 0. The minimum atomic E-state index is -0.555. The van der Waals surface area contributed by atoms with Crippen molar-refractivity contribution in [1.82, 2.24) is 10.2 Å². The molecule has 3 rings (SSSR count). The van der Waals surface area contributed by atoms with E-state index in [1.165, 1.54) is 29.2 Å². The van der Waals surface area contributed by atoms with Crippen molar-refractivity contribution < 1.29 is 9.18 Å². The van der Waals surface area contributed by atoms with Crippen LogP contribution >= 0.6 is 23.1 Å². The first-order chi connectivity index (χ1) is 11.6. The Labute approximate surface area is 146 Å². The third-order valence-corrected chi connectivity index (χ3v) is 5.30. The van der Waals surface area contributed by atoms with Crippen molar-refractivity contribution in [1.29, 1.82) is 0 Å². The van der Waals surface area contributed by atoms with Gasteiger partial charge >= 0.3 is 0 Å². The van der Waals surface area contributed by atoms with Gasteiger partial charge < -0.3 is 11.1 Å². The highest BCUT2D eigenvalue weighted by molar-refractivity contribution is 8.01. The van der Waals surface area contributed by atoms with E-state index >= 15 is 0 Å². The zero-order valence-corrected chi connectivity index (χ0v) is 14.0. The molecule has 24 heavy (non-hydrogen) atoms. The van der Waals surface area contributed by atoms with Crippen LogP contribution in [0.3, 0.4) is 0 Å². The highest BCUT2D eigenvalue weighted by Crippen LogP contribution is 2.38. The molecule has 0 saturated carbocycles. The molecule has 3 aromatic rings. The number of nitrogens with zero attached hydrogens (tertiary/aromatic N) is 2. The highest BCUT2D eigenvalue weighted by atomic mass is 32.2. The predicted molar refractivity (Wildman–Crippen MR) is 93.8 cm³/mol. The van der Waals surface area contributed by atoms with E-state index in [0.717, 1.165) is 5.56 Å². The molecule has 1 unspecified atom stereocenters. The number of hydrogen-bond acceptors (Lipinski definition) is 6. The molecule has 0 aliphatic rings. The average molecular weight is 360 g/mol. The maximum absolute atomic E-state index is 13.6. The van der Waals surface area contributed by atoms with Gasteiger partial charge in [0.25, 0.3) is 0 Å². The van der Waals surface area contributed by atoms with Crippen molar-refractivity contribution in [3.63, 3.8) is 0 Å². The molecule has 0 fully saturated rings. The summed E-state index contributed by atoms with van der Waals surface area (Å²) in [6, 6.07) is 15.5. The molecule has 122 valence electrons. The molecule has 0 saturated heterocycles. The van der Waals surface area contributed by atoms with Crippen LogP contribution in [0.1, 0.15) is 10.8 Å². The fraction of sp³-hybridized carbons (Fsp3) is 0.0625. The summed E-state index contributed by atoms with van der Waals surface area (Å²) < 4.78 is 14.2. The van der Waals surface area contributed by atoms with Gasteiger partial charge in [-0.2, -0.15) is 0 Å². The third kappa shape index (κ3) is 3.90. The number of carbonyl (C=O) groups excluding carboxylic acids is 1. The maximum atomic E-state index is 13.6. The Morgan fingerprint density at radius 2 is 1.83 bits per heavy atom. The lowest BCUT2D eigenvalue weighted by Gasteiger charge is -2.10. The smallest absolute Gasteiger partial charge is 0.235 e. The number of primary amides is 1. The molecular weight excluding hydrogens is 347 g/mol. The highest BCUT2D eigenvalue weighted by Gasteiger charge is 2.21. The Balaban J connectivity index is 1.75. The molecule has 3 N–H and O–H groups in total. The van der Waals surface area contributed by atoms with Gasteiger partial charge in [-0.3, -0.25) is 4.79 Å². The van der Waals surface area contributed by atoms with Gasteiger partial charge in [0.2, 0.25) is 11.0 Å². The zero-order chi connectivity index (χ0) is 16.9. The number of thioether (sulfide) groups is 1. The Morgan fingerprint density at radius 3 is 2.54 bits per heavy atom. The molecule has 0 spiro atoms. The summed E-state index contributed by atoms with van der Waals surface area (Å²) in [7, 11) is 0. The number of nitrogens with one attached hydrogen (secondary N) is 1. The van der Waals surface area contributed by atoms with Crippen LogP contribution in [0, 0.1) is 5.82 Å². The summed E-state index contributed by atoms with van der Waals surface area (Å²) in [6.07, 6.45) is 0. The molecule has 8 heteroatoms. The Kier molecular flexibility index (Phi) is 5.07. The molecule has 0 bridgehead atoms. The van der Waals surface area contributed by atoms with Crippen LogP contribution in [0.5, 0.6) is 0 Å². The monoisotopic (exact) mass is 360 g/mol. The summed E-state index contributed by atoms with van der Waals surface area (Å²) in [5.74, 6) is -0.828. The molecule has 0 aliphatic carbocycles. The lowest BCUT2D eigenvalue weighted by Crippen LogP contribution is -2.18. The van der Waals surface area contributed by atoms with Crippen molar-refractivity contribution in [2.45, 2.75) is 9.59 Å². The summed E-state index contributed by atoms with van der Waals surface area (Å²) in [5, 5.41) is 10.8. The minimum absolute atomic E-state index is 0.319. The van der Waals surface area contributed by atoms with Crippen molar-refractivity contribution >= 4 is 39.8 Å². The SMILES string of the molecule is NC(=O)C(Sc1nnc(Nc2ccccc2F)s1)c1ccccc1. The summed E-state index contributed by atoms with van der Waals surface area (Å²) in [5.41, 5.74) is 6.62. The minimum Gasteiger partial charge on any atom is -0.368 e. The molecule has 1 amide bonds. The van der Waals surface area contributed by atoms with Crippen LogP contribution in [-0.4, -0.2) is 16.1 Å². The van der Waals surface area contributed by atoms with Crippen molar-refractivity contribution in [3.05, 3.63) is 66.0 Å². The number of hydrogen-bond donors (Lipinski definition) is 2. The van der Waals surface area contributed by atoms with Crippen molar-refractivity contribution in [3.8, 4) is 0 Å². The number of halogens is 1. The van der Waals surface area contributed by atoms with E-state index in [2.05, 4.69) is 15.5 Å². The van der Waals surface area contributed by atoms with E-state index < -0.39 is 11.2 Å². The van der Waals surface area contributed by atoms with Crippen LogP contribution in [0.2, 0.25) is 0 Å². The van der Waals surface area contributed by atoms with E-state index in [0.29, 0.717) is 15.2 Å². The van der Waals surface area contributed by atoms with E-state index in [4.69, 9.17) is 5.73 Å². The van der Waals surface area contributed by atoms with Crippen molar-refractivity contribution in [2.75, 3.05) is 5.32 Å². The Morgan fingerprint density at radius 1 is 1.12 bits per heavy atom. The second-order valence-electron chi connectivity index (χ2n) is 4.79. The van der Waals surface area contributed by atoms with Gasteiger partial charge in [0.1, 0.15) is 11.1 Å². The first kappa shape index (κ1) is 16.4. The molecular formula is C16H13FN4OS2. The fourth-order valence-corrected chi connectivity index (χ4v) is 3.91. The molecule has 0 aliphatic heterocycles. The second-order valence-corrected chi connectivity index (χ2v) is 7.12. The molecule has 1 aromatic heterocycles. The number of para-hydroxylation sites is 1. The Hall–Kier alpha value is -2.45. The maximum Gasteiger partial charge on any atom is 0.235 e. The topological polar surface area (TPSA) is 80.9 Å². The van der Waals surface area contributed by atoms with Crippen LogP contribution in [0.25, 0.3) is 0 Å². The molecule has 1 heterocycles. The number of benzene rings is 2. The van der Waals surface area contributed by atoms with E-state index in [1.54, 1.807) is 18.2 Å². The van der Waals surface area contributed by atoms with Gasteiger partial charge in [0.05, 0.1) is 5.69 Å². The van der Waals surface area contributed by atoms with Gasteiger partial charge in [-0.15, -0.1) is 10.2 Å². The van der Waals surface area contributed by atoms with E-state index in [1.807, 2.05) is 30.3 Å². The van der Waals surface area contributed by atoms with Gasteiger partial charge in [0.15, 0.2) is 4.34 Å². The third-order valence-electron chi connectivity index (χ3n) is 3.10. The van der Waals surface area contributed by atoms with Crippen LogP contribution < -0.4 is 11.1 Å². The average Bonchev–Trinajstić information content (AvgIpc) is 3.02.